The topological polar surface area (TPSA) is 45.2 Å². The summed E-state index contributed by atoms with van der Waals surface area (Å²) in [6.45, 7) is 7.09. The number of thiazole rings is 1. The number of carbonyl (C=O) groups is 1. The van der Waals surface area contributed by atoms with Gasteiger partial charge in [-0.15, -0.1) is 11.3 Å². The van der Waals surface area contributed by atoms with Crippen LogP contribution in [0, 0.1) is 6.92 Å². The highest BCUT2D eigenvalue weighted by molar-refractivity contribution is 7.13. The lowest BCUT2D eigenvalue weighted by atomic mass is 10.1. The van der Waals surface area contributed by atoms with Crippen LogP contribution in [0.1, 0.15) is 51.7 Å². The average Bonchev–Trinajstić information content (AvgIpc) is 3.18. The Hall–Kier alpha value is -1.72. The van der Waals surface area contributed by atoms with E-state index in [2.05, 4.69) is 15.2 Å². The molecule has 1 aliphatic heterocycles. The number of hydrogen-bond acceptors (Lipinski definition) is 4. The summed E-state index contributed by atoms with van der Waals surface area (Å²) >= 11 is 1.53. The number of aryl methyl sites for hydroxylation is 1. The molecule has 122 valence electrons. The van der Waals surface area contributed by atoms with Crippen molar-refractivity contribution in [2.45, 2.75) is 39.3 Å². The molecule has 4 nitrogen and oxygen atoms in total. The molecule has 1 amide bonds. The van der Waals surface area contributed by atoms with E-state index in [1.807, 2.05) is 44.2 Å². The van der Waals surface area contributed by atoms with Gasteiger partial charge in [0.05, 0.1) is 18.3 Å². The third-order valence-electron chi connectivity index (χ3n) is 4.25. The SMILES string of the molecule is Cc1nc(CN2CCCC2)sc1C(=O)NC(C)c1ccccc1. The van der Waals surface area contributed by atoms with E-state index in [0.29, 0.717) is 0 Å². The summed E-state index contributed by atoms with van der Waals surface area (Å²) in [5.74, 6) is -0.0241. The zero-order valence-corrected chi connectivity index (χ0v) is 14.5. The molecule has 2 aromatic rings. The summed E-state index contributed by atoms with van der Waals surface area (Å²) in [7, 11) is 0. The van der Waals surface area contributed by atoms with Gasteiger partial charge in [-0.1, -0.05) is 30.3 Å². The molecule has 1 aromatic heterocycles. The number of nitrogens with one attached hydrogen (secondary N) is 1. The van der Waals surface area contributed by atoms with Crippen LogP contribution in [-0.2, 0) is 6.54 Å². The predicted molar refractivity (Wildman–Crippen MR) is 93.7 cm³/mol. The van der Waals surface area contributed by atoms with Crippen LogP contribution in [0.5, 0.6) is 0 Å². The van der Waals surface area contributed by atoms with Crippen molar-refractivity contribution in [1.82, 2.24) is 15.2 Å². The minimum Gasteiger partial charge on any atom is -0.345 e. The van der Waals surface area contributed by atoms with Crippen molar-refractivity contribution in [3.05, 3.63) is 51.5 Å². The van der Waals surface area contributed by atoms with E-state index in [0.717, 1.165) is 40.8 Å². The molecule has 1 fully saturated rings. The quantitative estimate of drug-likeness (QED) is 0.912. The standard InChI is InChI=1S/C18H23N3OS/c1-13(15-8-4-3-5-9-15)20-18(22)17-14(2)19-16(23-17)12-21-10-6-7-11-21/h3-5,8-9,13H,6-7,10-12H2,1-2H3,(H,20,22). The molecule has 1 N–H and O–H groups in total. The highest BCUT2D eigenvalue weighted by Gasteiger charge is 2.20. The lowest BCUT2D eigenvalue weighted by Crippen LogP contribution is -2.26. The van der Waals surface area contributed by atoms with Gasteiger partial charge in [0.1, 0.15) is 9.88 Å². The van der Waals surface area contributed by atoms with Gasteiger partial charge < -0.3 is 5.32 Å². The van der Waals surface area contributed by atoms with Gasteiger partial charge in [0.15, 0.2) is 0 Å². The molecular weight excluding hydrogens is 306 g/mol. The Labute approximate surface area is 141 Å². The molecule has 1 atom stereocenters. The van der Waals surface area contributed by atoms with Crippen molar-refractivity contribution in [2.24, 2.45) is 0 Å². The molecule has 23 heavy (non-hydrogen) atoms. The molecule has 0 spiro atoms. The van der Waals surface area contributed by atoms with Crippen LogP contribution >= 0.6 is 11.3 Å². The number of benzene rings is 1. The van der Waals surface area contributed by atoms with Crippen LogP contribution in [0.15, 0.2) is 30.3 Å². The second-order valence-electron chi connectivity index (χ2n) is 6.11. The fraction of sp³-hybridized carbons (Fsp3) is 0.444. The Morgan fingerprint density at radius 3 is 2.70 bits per heavy atom. The van der Waals surface area contributed by atoms with Gasteiger partial charge >= 0.3 is 0 Å². The van der Waals surface area contributed by atoms with Gasteiger partial charge in [-0.3, -0.25) is 9.69 Å². The highest BCUT2D eigenvalue weighted by Crippen LogP contribution is 2.22. The fourth-order valence-electron chi connectivity index (χ4n) is 2.95. The molecule has 0 radical (unpaired) electrons. The number of nitrogens with zero attached hydrogens (tertiary/aromatic N) is 2. The number of aromatic nitrogens is 1. The van der Waals surface area contributed by atoms with E-state index in [1.54, 1.807) is 0 Å². The van der Waals surface area contributed by atoms with Crippen molar-refractivity contribution >= 4 is 17.2 Å². The molecule has 5 heteroatoms. The minimum absolute atomic E-state index is 0.00719. The molecule has 2 heterocycles. The Balaban J connectivity index is 1.66. The maximum atomic E-state index is 12.5. The lowest BCUT2D eigenvalue weighted by Gasteiger charge is -2.13. The molecule has 1 aromatic carbocycles. The van der Waals surface area contributed by atoms with E-state index in [9.17, 15) is 4.79 Å². The van der Waals surface area contributed by atoms with Gasteiger partial charge in [0, 0.05) is 0 Å². The number of amides is 1. The summed E-state index contributed by atoms with van der Waals surface area (Å²) in [5, 5.41) is 4.12. The van der Waals surface area contributed by atoms with E-state index >= 15 is 0 Å². The van der Waals surface area contributed by atoms with Crippen LogP contribution in [0.25, 0.3) is 0 Å². The Morgan fingerprint density at radius 1 is 1.30 bits per heavy atom. The first kappa shape index (κ1) is 16.1. The van der Waals surface area contributed by atoms with Gasteiger partial charge in [-0.05, 0) is 45.3 Å². The molecule has 0 bridgehead atoms. The van der Waals surface area contributed by atoms with Crippen LogP contribution in [0.2, 0.25) is 0 Å². The molecule has 0 saturated carbocycles. The van der Waals surface area contributed by atoms with Crippen LogP contribution in [0.3, 0.4) is 0 Å². The first-order valence-electron chi connectivity index (χ1n) is 8.18. The Bertz CT molecular complexity index is 662. The smallest absolute Gasteiger partial charge is 0.263 e. The van der Waals surface area contributed by atoms with Crippen LogP contribution < -0.4 is 5.32 Å². The second kappa shape index (κ2) is 7.23. The van der Waals surface area contributed by atoms with E-state index in [4.69, 9.17) is 0 Å². The van der Waals surface area contributed by atoms with Crippen LogP contribution in [0.4, 0.5) is 0 Å². The summed E-state index contributed by atoms with van der Waals surface area (Å²) < 4.78 is 0. The summed E-state index contributed by atoms with van der Waals surface area (Å²) in [6, 6.07) is 10.0. The van der Waals surface area contributed by atoms with Crippen molar-refractivity contribution in [2.75, 3.05) is 13.1 Å². The van der Waals surface area contributed by atoms with Gasteiger partial charge in [-0.2, -0.15) is 0 Å². The fourth-order valence-corrected chi connectivity index (χ4v) is 3.96. The predicted octanol–water partition coefficient (Wildman–Crippen LogP) is 3.54. The van der Waals surface area contributed by atoms with Crippen molar-refractivity contribution in [1.29, 1.82) is 0 Å². The molecule has 1 unspecified atom stereocenters. The maximum Gasteiger partial charge on any atom is 0.263 e. The van der Waals surface area contributed by atoms with E-state index in [1.165, 1.54) is 24.2 Å². The zero-order chi connectivity index (χ0) is 16.2. The maximum absolute atomic E-state index is 12.5. The molecule has 0 aliphatic carbocycles. The normalized spacial score (nSPS) is 16.4. The third-order valence-corrected chi connectivity index (χ3v) is 5.39. The third kappa shape index (κ3) is 3.98. The summed E-state index contributed by atoms with van der Waals surface area (Å²) in [4.78, 5) is 20.3. The Morgan fingerprint density at radius 2 is 2.00 bits per heavy atom. The molecular formula is C18H23N3OS. The number of likely N-dealkylation sites (tertiary alicyclic amines) is 1. The van der Waals surface area contributed by atoms with Gasteiger partial charge in [0.2, 0.25) is 0 Å². The molecule has 3 rings (SSSR count). The monoisotopic (exact) mass is 329 g/mol. The highest BCUT2D eigenvalue weighted by atomic mass is 32.1. The largest absolute Gasteiger partial charge is 0.345 e. The number of hydrogen-bond donors (Lipinski definition) is 1. The zero-order valence-electron chi connectivity index (χ0n) is 13.7. The first-order chi connectivity index (χ1) is 11.1. The van der Waals surface area contributed by atoms with Crippen molar-refractivity contribution in [3.8, 4) is 0 Å². The minimum atomic E-state index is -0.0241. The van der Waals surface area contributed by atoms with Gasteiger partial charge in [-0.25, -0.2) is 4.98 Å². The number of rotatable bonds is 5. The van der Waals surface area contributed by atoms with Crippen molar-refractivity contribution in [3.63, 3.8) is 0 Å². The van der Waals surface area contributed by atoms with Crippen LogP contribution in [-0.4, -0.2) is 28.9 Å². The molecule has 1 saturated heterocycles. The first-order valence-corrected chi connectivity index (χ1v) is 8.99. The second-order valence-corrected chi connectivity index (χ2v) is 7.19. The van der Waals surface area contributed by atoms with Crippen molar-refractivity contribution < 1.29 is 4.79 Å². The van der Waals surface area contributed by atoms with Gasteiger partial charge in [0.25, 0.3) is 5.91 Å². The van der Waals surface area contributed by atoms with E-state index in [-0.39, 0.29) is 11.9 Å². The Kier molecular flexibility index (Phi) is 5.08. The number of carbonyl (C=O) groups excluding carboxylic acids is 1. The molecule has 1 aliphatic rings. The summed E-state index contributed by atoms with van der Waals surface area (Å²) in [5.41, 5.74) is 1.95. The average molecular weight is 329 g/mol. The lowest BCUT2D eigenvalue weighted by molar-refractivity contribution is 0.0943. The van der Waals surface area contributed by atoms with E-state index < -0.39 is 0 Å². The summed E-state index contributed by atoms with van der Waals surface area (Å²) in [6.07, 6.45) is 2.54.